The minimum Gasteiger partial charge on any atom is -0.353 e. The van der Waals surface area contributed by atoms with Crippen LogP contribution in [-0.4, -0.2) is 85.3 Å². The molecule has 0 spiro atoms. The summed E-state index contributed by atoms with van der Waals surface area (Å²) in [6, 6.07) is 4.21. The third-order valence-electron chi connectivity index (χ3n) is 9.11. The van der Waals surface area contributed by atoms with E-state index in [0.717, 1.165) is 88.2 Å². The van der Waals surface area contributed by atoms with Gasteiger partial charge in [0.05, 0.1) is 0 Å². The Hall–Kier alpha value is -1.89. The summed E-state index contributed by atoms with van der Waals surface area (Å²) in [5.41, 5.74) is 0.341. The van der Waals surface area contributed by atoms with Crippen molar-refractivity contribution >= 4 is 17.5 Å². The van der Waals surface area contributed by atoms with E-state index in [2.05, 4.69) is 49.0 Å². The van der Waals surface area contributed by atoms with Crippen molar-refractivity contribution in [3.63, 3.8) is 0 Å². The fourth-order valence-electron chi connectivity index (χ4n) is 7.82. The molecule has 7 rings (SSSR count). The molecule has 6 aliphatic rings. The molecule has 0 atom stereocenters. The maximum absolute atomic E-state index is 13.2. The van der Waals surface area contributed by atoms with Crippen molar-refractivity contribution in [3.05, 3.63) is 12.1 Å². The van der Waals surface area contributed by atoms with Crippen LogP contribution in [0.4, 0.5) is 11.6 Å². The maximum atomic E-state index is 13.2. The predicted octanol–water partition coefficient (Wildman–Crippen LogP) is 2.48. The van der Waals surface area contributed by atoms with Crippen molar-refractivity contribution < 1.29 is 4.79 Å². The van der Waals surface area contributed by atoms with Gasteiger partial charge >= 0.3 is 0 Å². The Kier molecular flexibility index (Phi) is 5.27. The molecular formula is C25H38N6O. The van der Waals surface area contributed by atoms with Crippen LogP contribution in [-0.2, 0) is 4.79 Å². The molecule has 1 aromatic rings. The fraction of sp³-hybridized carbons (Fsp3) is 0.800. The molecule has 174 valence electrons. The molecule has 1 aromatic heterocycles. The number of hydrogen-bond donors (Lipinski definition) is 0. The van der Waals surface area contributed by atoms with E-state index >= 15 is 0 Å². The van der Waals surface area contributed by atoms with Crippen molar-refractivity contribution in [3.8, 4) is 0 Å². The monoisotopic (exact) mass is 438 g/mol. The summed E-state index contributed by atoms with van der Waals surface area (Å²) in [5.74, 6) is 5.07. The summed E-state index contributed by atoms with van der Waals surface area (Å²) in [4.78, 5) is 22.3. The first-order valence-corrected chi connectivity index (χ1v) is 12.9. The van der Waals surface area contributed by atoms with E-state index in [1.165, 1.54) is 38.5 Å². The number of likely N-dealkylation sites (N-methyl/N-ethyl adjacent to an activating group) is 1. The smallest absolute Gasteiger partial charge is 0.223 e. The van der Waals surface area contributed by atoms with Gasteiger partial charge in [-0.15, -0.1) is 10.2 Å². The lowest BCUT2D eigenvalue weighted by Gasteiger charge is -2.57. The summed E-state index contributed by atoms with van der Waals surface area (Å²) in [7, 11) is 2.17. The van der Waals surface area contributed by atoms with E-state index in [1.807, 2.05) is 0 Å². The van der Waals surface area contributed by atoms with Crippen LogP contribution in [0.2, 0.25) is 0 Å². The Morgan fingerprint density at radius 3 is 1.75 bits per heavy atom. The number of amides is 1. The zero-order valence-corrected chi connectivity index (χ0v) is 19.6. The van der Waals surface area contributed by atoms with Crippen LogP contribution < -0.4 is 9.80 Å². The van der Waals surface area contributed by atoms with Gasteiger partial charge in [0.2, 0.25) is 5.91 Å². The van der Waals surface area contributed by atoms with Crippen molar-refractivity contribution in [1.82, 2.24) is 20.0 Å². The van der Waals surface area contributed by atoms with Gasteiger partial charge in [0.1, 0.15) is 0 Å². The molecular weight excluding hydrogens is 400 g/mol. The number of anilines is 2. The predicted molar refractivity (Wildman–Crippen MR) is 126 cm³/mol. The second-order valence-corrected chi connectivity index (χ2v) is 11.5. The van der Waals surface area contributed by atoms with Crippen LogP contribution in [0, 0.1) is 23.2 Å². The standard InChI is InChI=1S/C25H38N6O/c1-28-4-6-29(7-5-28)22-2-3-23(27-26-22)30-8-10-31(11-9-30)24(32)18-25-15-19-12-20(16-25)14-21(13-19)17-25/h2-3,19-21H,4-18H2,1H3. The highest BCUT2D eigenvalue weighted by Gasteiger charge is 2.51. The molecule has 7 heteroatoms. The van der Waals surface area contributed by atoms with Gasteiger partial charge in [-0.05, 0) is 80.9 Å². The molecule has 2 aliphatic heterocycles. The number of carbonyl (C=O) groups is 1. The molecule has 2 saturated heterocycles. The van der Waals surface area contributed by atoms with Crippen molar-refractivity contribution in [2.24, 2.45) is 23.2 Å². The SMILES string of the molecule is CN1CCN(c2ccc(N3CCN(C(=O)CC45CC6CC(CC(C6)C4)C5)CC3)nn2)CC1. The lowest BCUT2D eigenvalue weighted by Crippen LogP contribution is -2.52. The van der Waals surface area contributed by atoms with Crippen LogP contribution in [0.5, 0.6) is 0 Å². The molecule has 4 aliphatic carbocycles. The summed E-state index contributed by atoms with van der Waals surface area (Å²) in [6.45, 7) is 7.50. The number of aromatic nitrogens is 2. The lowest BCUT2D eigenvalue weighted by atomic mass is 9.49. The van der Waals surface area contributed by atoms with Crippen LogP contribution in [0.1, 0.15) is 44.9 Å². The summed E-state index contributed by atoms with van der Waals surface area (Å²) < 4.78 is 0. The lowest BCUT2D eigenvalue weighted by molar-refractivity contribution is -0.139. The van der Waals surface area contributed by atoms with Gasteiger partial charge < -0.3 is 19.6 Å². The van der Waals surface area contributed by atoms with E-state index < -0.39 is 0 Å². The number of carbonyl (C=O) groups excluding carboxylic acids is 1. The molecule has 0 aromatic carbocycles. The van der Waals surface area contributed by atoms with E-state index in [1.54, 1.807) is 0 Å². The number of piperazine rings is 2. The number of hydrogen-bond acceptors (Lipinski definition) is 6. The Morgan fingerprint density at radius 1 is 0.812 bits per heavy atom. The second-order valence-electron chi connectivity index (χ2n) is 11.5. The highest BCUT2D eigenvalue weighted by Crippen LogP contribution is 2.61. The first kappa shape index (κ1) is 20.7. The highest BCUT2D eigenvalue weighted by molar-refractivity contribution is 5.77. The summed E-state index contributed by atoms with van der Waals surface area (Å²) in [5, 5.41) is 9.04. The fourth-order valence-corrected chi connectivity index (χ4v) is 7.82. The third-order valence-corrected chi connectivity index (χ3v) is 9.11. The molecule has 7 nitrogen and oxygen atoms in total. The molecule has 0 unspecified atom stereocenters. The van der Waals surface area contributed by atoms with E-state index in [4.69, 9.17) is 0 Å². The molecule has 0 radical (unpaired) electrons. The Labute approximate surface area is 192 Å². The third kappa shape index (κ3) is 3.97. The topological polar surface area (TPSA) is 55.8 Å². The highest BCUT2D eigenvalue weighted by atomic mass is 16.2. The van der Waals surface area contributed by atoms with Gasteiger partial charge in [-0.1, -0.05) is 0 Å². The molecule has 4 bridgehead atoms. The number of nitrogens with zero attached hydrogens (tertiary/aromatic N) is 6. The molecule has 4 saturated carbocycles. The Morgan fingerprint density at radius 2 is 1.28 bits per heavy atom. The quantitative estimate of drug-likeness (QED) is 0.720. The summed E-state index contributed by atoms with van der Waals surface area (Å²) >= 11 is 0. The van der Waals surface area contributed by atoms with Gasteiger partial charge in [-0.3, -0.25) is 4.79 Å². The van der Waals surface area contributed by atoms with Gasteiger partial charge in [0, 0.05) is 58.8 Å². The molecule has 1 amide bonds. The molecule has 6 fully saturated rings. The second kappa shape index (κ2) is 8.15. The van der Waals surface area contributed by atoms with Gasteiger partial charge in [0.15, 0.2) is 11.6 Å². The van der Waals surface area contributed by atoms with Gasteiger partial charge in [-0.2, -0.15) is 0 Å². The average molecular weight is 439 g/mol. The minimum atomic E-state index is 0.341. The van der Waals surface area contributed by atoms with Gasteiger partial charge in [0.25, 0.3) is 0 Å². The van der Waals surface area contributed by atoms with E-state index in [0.29, 0.717) is 11.3 Å². The van der Waals surface area contributed by atoms with Crippen molar-refractivity contribution in [1.29, 1.82) is 0 Å². The normalized spacial score (nSPS) is 34.9. The average Bonchev–Trinajstić information content (AvgIpc) is 2.79. The zero-order valence-electron chi connectivity index (χ0n) is 19.6. The Bertz CT molecular complexity index is 790. The van der Waals surface area contributed by atoms with Crippen LogP contribution in [0.25, 0.3) is 0 Å². The summed E-state index contributed by atoms with van der Waals surface area (Å²) in [6.07, 6.45) is 9.10. The van der Waals surface area contributed by atoms with E-state index in [9.17, 15) is 4.79 Å². The van der Waals surface area contributed by atoms with Crippen molar-refractivity contribution in [2.45, 2.75) is 44.9 Å². The molecule has 0 N–H and O–H groups in total. The zero-order chi connectivity index (χ0) is 21.7. The Balaban J connectivity index is 1.02. The van der Waals surface area contributed by atoms with Gasteiger partial charge in [-0.25, -0.2) is 0 Å². The van der Waals surface area contributed by atoms with Crippen LogP contribution in [0.15, 0.2) is 12.1 Å². The van der Waals surface area contributed by atoms with Crippen LogP contribution >= 0.6 is 0 Å². The van der Waals surface area contributed by atoms with Crippen molar-refractivity contribution in [2.75, 3.05) is 69.2 Å². The molecule has 3 heterocycles. The first-order valence-electron chi connectivity index (χ1n) is 12.9. The minimum absolute atomic E-state index is 0.341. The number of rotatable bonds is 4. The molecule has 32 heavy (non-hydrogen) atoms. The largest absolute Gasteiger partial charge is 0.353 e. The maximum Gasteiger partial charge on any atom is 0.223 e. The first-order chi connectivity index (χ1) is 15.6. The van der Waals surface area contributed by atoms with E-state index in [-0.39, 0.29) is 0 Å². The van der Waals surface area contributed by atoms with Crippen LogP contribution in [0.3, 0.4) is 0 Å².